The normalized spacial score (nSPS) is 10.3. The lowest BCUT2D eigenvalue weighted by molar-refractivity contribution is -0.118. The van der Waals surface area contributed by atoms with Gasteiger partial charge in [-0.3, -0.25) is 9.59 Å². The maximum absolute atomic E-state index is 14.0. The number of nitrogens with one attached hydrogen (secondary N) is 1. The smallest absolute Gasteiger partial charge is 0.216 e. The van der Waals surface area contributed by atoms with Gasteiger partial charge in [-0.2, -0.15) is 0 Å². The molecular weight excluding hydrogens is 315 g/mol. The molecule has 0 spiro atoms. The van der Waals surface area contributed by atoms with E-state index >= 15 is 0 Å². The summed E-state index contributed by atoms with van der Waals surface area (Å²) in [6.07, 6.45) is 2.05. The first-order chi connectivity index (χ1) is 11.1. The summed E-state index contributed by atoms with van der Waals surface area (Å²) in [6.45, 7) is 1.78. The van der Waals surface area contributed by atoms with Gasteiger partial charge in [-0.1, -0.05) is 30.0 Å². The van der Waals surface area contributed by atoms with Crippen LogP contribution in [0.5, 0.6) is 0 Å². The maximum atomic E-state index is 14.0. The van der Waals surface area contributed by atoms with Crippen LogP contribution in [-0.2, 0) is 11.2 Å². The monoisotopic (exact) mass is 332 g/mol. The van der Waals surface area contributed by atoms with Gasteiger partial charge in [-0.15, -0.1) is 0 Å². The minimum absolute atomic E-state index is 0.145. The van der Waals surface area contributed by atoms with Crippen molar-refractivity contribution in [2.45, 2.75) is 18.4 Å². The number of carbonyl (C=O) groups is 2. The van der Waals surface area contributed by atoms with Crippen LogP contribution in [0.15, 0.2) is 47.6 Å². The van der Waals surface area contributed by atoms with Gasteiger partial charge in [0.1, 0.15) is 5.82 Å². The third-order valence-corrected chi connectivity index (χ3v) is 4.08. The molecule has 0 bridgehead atoms. The highest BCUT2D eigenvalue weighted by molar-refractivity contribution is 7.99. The Balaban J connectivity index is 1.93. The number of hydrogen-bond acceptors (Lipinski definition) is 4. The molecule has 0 radical (unpaired) electrons. The van der Waals surface area contributed by atoms with Gasteiger partial charge in [0.15, 0.2) is 5.78 Å². The second-order valence-electron chi connectivity index (χ2n) is 4.92. The molecule has 4 nitrogen and oxygen atoms in total. The van der Waals surface area contributed by atoms with Crippen LogP contribution in [0.25, 0.3) is 0 Å². The number of hydrogen-bond donors (Lipinski definition) is 1. The Labute approximate surface area is 138 Å². The largest absolute Gasteiger partial charge is 0.356 e. The molecule has 0 saturated heterocycles. The topological polar surface area (TPSA) is 59.1 Å². The Morgan fingerprint density at radius 3 is 2.74 bits per heavy atom. The average Bonchev–Trinajstić information content (AvgIpc) is 2.54. The zero-order valence-electron chi connectivity index (χ0n) is 12.7. The van der Waals surface area contributed by atoms with Crippen molar-refractivity contribution in [1.29, 1.82) is 0 Å². The molecule has 0 fully saturated rings. The number of nitrogens with zero attached hydrogens (tertiary/aromatic N) is 1. The van der Waals surface area contributed by atoms with E-state index in [1.165, 1.54) is 24.8 Å². The van der Waals surface area contributed by atoms with Crippen molar-refractivity contribution in [1.82, 2.24) is 10.3 Å². The highest BCUT2D eigenvalue weighted by atomic mass is 32.2. The first-order valence-electron chi connectivity index (χ1n) is 7.16. The van der Waals surface area contributed by atoms with Crippen molar-refractivity contribution in [3.63, 3.8) is 0 Å². The number of amides is 1. The van der Waals surface area contributed by atoms with Crippen LogP contribution in [0.3, 0.4) is 0 Å². The van der Waals surface area contributed by atoms with Gasteiger partial charge in [0.25, 0.3) is 0 Å². The fraction of sp³-hybridized carbons (Fsp3) is 0.235. The summed E-state index contributed by atoms with van der Waals surface area (Å²) >= 11 is 1.32. The zero-order valence-corrected chi connectivity index (χ0v) is 13.5. The second kappa shape index (κ2) is 8.43. The molecule has 1 N–H and O–H groups in total. The number of aromatic nitrogens is 1. The van der Waals surface area contributed by atoms with Gasteiger partial charge >= 0.3 is 0 Å². The molecule has 2 aromatic rings. The fourth-order valence-corrected chi connectivity index (χ4v) is 2.71. The minimum Gasteiger partial charge on any atom is -0.356 e. The number of Topliss-reactive ketones (excluding diaryl/α,β-unsaturated/α-hetero) is 1. The molecule has 120 valence electrons. The summed E-state index contributed by atoms with van der Waals surface area (Å²) in [7, 11) is 0. The molecule has 0 atom stereocenters. The predicted molar refractivity (Wildman–Crippen MR) is 88.1 cm³/mol. The molecular formula is C17H17FN2O2S. The molecule has 0 aliphatic heterocycles. The van der Waals surface area contributed by atoms with Crippen molar-refractivity contribution in [3.05, 3.63) is 59.5 Å². The number of ketones is 1. The lowest BCUT2D eigenvalue weighted by Crippen LogP contribution is -2.22. The molecule has 1 heterocycles. The zero-order chi connectivity index (χ0) is 16.7. The molecule has 0 aliphatic carbocycles. The first kappa shape index (κ1) is 17.1. The SMILES string of the molecule is CC(=O)NCCc1ccc(C(=O)CSc2ccccn2)cc1F. The van der Waals surface area contributed by atoms with E-state index in [-0.39, 0.29) is 17.4 Å². The number of pyridine rings is 1. The maximum Gasteiger partial charge on any atom is 0.216 e. The van der Waals surface area contributed by atoms with Crippen LogP contribution >= 0.6 is 11.8 Å². The van der Waals surface area contributed by atoms with Crippen LogP contribution in [0.2, 0.25) is 0 Å². The van der Waals surface area contributed by atoms with Crippen LogP contribution in [-0.4, -0.2) is 29.0 Å². The highest BCUT2D eigenvalue weighted by Gasteiger charge is 2.11. The van der Waals surface area contributed by atoms with Crippen molar-refractivity contribution >= 4 is 23.5 Å². The summed E-state index contributed by atoms with van der Waals surface area (Å²) in [5.41, 5.74) is 0.821. The molecule has 1 aromatic carbocycles. The van der Waals surface area contributed by atoms with E-state index in [9.17, 15) is 14.0 Å². The number of thioether (sulfide) groups is 1. The van der Waals surface area contributed by atoms with Gasteiger partial charge in [0.05, 0.1) is 10.8 Å². The molecule has 0 aliphatic rings. The number of rotatable bonds is 7. The van der Waals surface area contributed by atoms with Crippen molar-refractivity contribution in [2.24, 2.45) is 0 Å². The number of halogens is 1. The van der Waals surface area contributed by atoms with Gasteiger partial charge < -0.3 is 5.32 Å². The van der Waals surface area contributed by atoms with Crippen molar-refractivity contribution in [3.8, 4) is 0 Å². The van der Waals surface area contributed by atoms with Crippen LogP contribution < -0.4 is 5.32 Å². The van der Waals surface area contributed by atoms with Crippen LogP contribution in [0, 0.1) is 5.82 Å². The molecule has 0 saturated carbocycles. The summed E-state index contributed by atoms with van der Waals surface area (Å²) in [4.78, 5) is 27.0. The average molecular weight is 332 g/mol. The van der Waals surface area contributed by atoms with Crippen LogP contribution in [0.4, 0.5) is 4.39 Å². The molecule has 2 rings (SSSR count). The quantitative estimate of drug-likeness (QED) is 0.626. The van der Waals surface area contributed by atoms with Gasteiger partial charge in [-0.25, -0.2) is 9.37 Å². The standard InChI is InChI=1S/C17H17FN2O2S/c1-12(21)19-9-7-13-5-6-14(10-15(13)18)16(22)11-23-17-4-2-3-8-20-17/h2-6,8,10H,7,9,11H2,1H3,(H,19,21). The van der Waals surface area contributed by atoms with Crippen molar-refractivity contribution in [2.75, 3.05) is 12.3 Å². The predicted octanol–water partition coefficient (Wildman–Crippen LogP) is 2.87. The molecule has 6 heteroatoms. The Hall–Kier alpha value is -2.21. The Morgan fingerprint density at radius 2 is 2.09 bits per heavy atom. The molecule has 0 unspecified atom stereocenters. The minimum atomic E-state index is -0.427. The lowest BCUT2D eigenvalue weighted by atomic mass is 10.1. The third kappa shape index (κ3) is 5.49. The fourth-order valence-electron chi connectivity index (χ4n) is 1.95. The molecule has 1 amide bonds. The summed E-state index contributed by atoms with van der Waals surface area (Å²) in [5, 5.41) is 3.37. The van der Waals surface area contributed by atoms with E-state index in [1.807, 2.05) is 12.1 Å². The van der Waals surface area contributed by atoms with E-state index in [4.69, 9.17) is 0 Å². The summed E-state index contributed by atoms with van der Waals surface area (Å²) < 4.78 is 14.0. The van der Waals surface area contributed by atoms with E-state index in [0.29, 0.717) is 24.1 Å². The summed E-state index contributed by atoms with van der Waals surface area (Å²) in [6, 6.07) is 9.95. The van der Waals surface area contributed by atoms with Crippen molar-refractivity contribution < 1.29 is 14.0 Å². The van der Waals surface area contributed by atoms with Gasteiger partial charge in [0.2, 0.25) is 5.91 Å². The Morgan fingerprint density at radius 1 is 1.26 bits per heavy atom. The second-order valence-corrected chi connectivity index (χ2v) is 5.91. The van der Waals surface area contributed by atoms with Gasteiger partial charge in [0, 0.05) is 25.2 Å². The van der Waals surface area contributed by atoms with E-state index in [2.05, 4.69) is 10.3 Å². The number of benzene rings is 1. The van der Waals surface area contributed by atoms with E-state index < -0.39 is 5.82 Å². The van der Waals surface area contributed by atoms with Gasteiger partial charge in [-0.05, 0) is 30.2 Å². The Bertz CT molecular complexity index is 692. The third-order valence-electron chi connectivity index (χ3n) is 3.13. The lowest BCUT2D eigenvalue weighted by Gasteiger charge is -2.06. The molecule has 23 heavy (non-hydrogen) atoms. The number of carbonyl (C=O) groups excluding carboxylic acids is 2. The highest BCUT2D eigenvalue weighted by Crippen LogP contribution is 2.18. The van der Waals surface area contributed by atoms with Crippen LogP contribution in [0.1, 0.15) is 22.8 Å². The van der Waals surface area contributed by atoms with E-state index in [1.54, 1.807) is 24.4 Å². The first-order valence-corrected chi connectivity index (χ1v) is 8.14. The Kier molecular flexibility index (Phi) is 6.29. The summed E-state index contributed by atoms with van der Waals surface area (Å²) in [5.74, 6) is -0.512. The molecule has 1 aromatic heterocycles. The van der Waals surface area contributed by atoms with E-state index in [0.717, 1.165) is 5.03 Å².